The minimum absolute atomic E-state index is 0.0292. The van der Waals surface area contributed by atoms with E-state index in [1.54, 1.807) is 6.07 Å². The maximum atomic E-state index is 14.2. The Balaban J connectivity index is 2.06. The first kappa shape index (κ1) is 29.2. The maximum Gasteiger partial charge on any atom is 0.303 e. The third-order valence-corrected chi connectivity index (χ3v) is 6.57. The van der Waals surface area contributed by atoms with Gasteiger partial charge in [0.2, 0.25) is 0 Å². The van der Waals surface area contributed by atoms with E-state index < -0.39 is 72.9 Å². The molecule has 0 radical (unpaired) electrons. The maximum absolute atomic E-state index is 14.2. The quantitative estimate of drug-likeness (QED) is 0.206. The molecule has 2 heterocycles. The predicted octanol–water partition coefficient (Wildman–Crippen LogP) is 2.11. The molecule has 0 saturated carbocycles. The summed E-state index contributed by atoms with van der Waals surface area (Å²) in [5.41, 5.74) is 0.134. The molecule has 38 heavy (non-hydrogen) atoms. The number of nitrogens with zero attached hydrogens (tertiary/aromatic N) is 1. The summed E-state index contributed by atoms with van der Waals surface area (Å²) in [6, 6.07) is 5.78. The number of rotatable bonds is 7. The number of thiocarbonyl (C=S) groups is 1. The van der Waals surface area contributed by atoms with Crippen molar-refractivity contribution in [2.45, 2.75) is 58.3 Å². The van der Waals surface area contributed by atoms with Crippen molar-refractivity contribution in [3.8, 4) is 0 Å². The van der Waals surface area contributed by atoms with Crippen molar-refractivity contribution >= 4 is 64.2 Å². The van der Waals surface area contributed by atoms with E-state index in [2.05, 4.69) is 0 Å². The zero-order valence-electron chi connectivity index (χ0n) is 20.7. The Kier molecular flexibility index (Phi) is 9.57. The van der Waals surface area contributed by atoms with Gasteiger partial charge in [-0.1, -0.05) is 42.2 Å². The Bertz CT molecular complexity index is 1190. The summed E-state index contributed by atoms with van der Waals surface area (Å²) in [5, 5.41) is 0. The summed E-state index contributed by atoms with van der Waals surface area (Å²) in [4.78, 5) is 61.9. The van der Waals surface area contributed by atoms with Gasteiger partial charge in [-0.2, -0.15) is 0 Å². The number of hydrogen-bond donors (Lipinski definition) is 0. The van der Waals surface area contributed by atoms with Crippen molar-refractivity contribution in [2.24, 2.45) is 0 Å². The van der Waals surface area contributed by atoms with Gasteiger partial charge in [-0.05, 0) is 12.1 Å². The van der Waals surface area contributed by atoms with Crippen molar-refractivity contribution in [2.75, 3.05) is 6.61 Å². The van der Waals surface area contributed by atoms with Crippen LogP contribution in [0.4, 0.5) is 4.39 Å². The number of carbonyl (C=O) groups is 5. The lowest BCUT2D eigenvalue weighted by Gasteiger charge is -2.46. The van der Waals surface area contributed by atoms with Gasteiger partial charge in [-0.15, -0.1) is 0 Å². The number of hydrogen-bond acceptors (Lipinski definition) is 12. The molecule has 0 aromatic heterocycles. The Morgan fingerprint density at radius 2 is 1.55 bits per heavy atom. The first-order valence-corrected chi connectivity index (χ1v) is 12.4. The summed E-state index contributed by atoms with van der Waals surface area (Å²) < 4.78 is 41.3. The van der Waals surface area contributed by atoms with Gasteiger partial charge in [-0.3, -0.25) is 28.9 Å². The van der Waals surface area contributed by atoms with Crippen molar-refractivity contribution in [3.05, 3.63) is 40.6 Å². The van der Waals surface area contributed by atoms with Crippen LogP contribution < -0.4 is 0 Å². The smallest absolute Gasteiger partial charge is 0.303 e. The Labute approximate surface area is 226 Å². The number of carbonyl (C=O) groups excluding carboxylic acids is 5. The average Bonchev–Trinajstić information content (AvgIpc) is 3.08. The van der Waals surface area contributed by atoms with Crippen molar-refractivity contribution in [1.82, 2.24) is 4.90 Å². The van der Waals surface area contributed by atoms with E-state index >= 15 is 0 Å². The van der Waals surface area contributed by atoms with Crippen molar-refractivity contribution in [3.63, 3.8) is 0 Å². The molecular weight excluding hydrogens is 545 g/mol. The van der Waals surface area contributed by atoms with E-state index in [4.69, 9.17) is 35.9 Å². The Hall–Kier alpha value is -3.36. The van der Waals surface area contributed by atoms with Crippen LogP contribution in [0.2, 0.25) is 0 Å². The second kappa shape index (κ2) is 12.5. The lowest BCUT2D eigenvalue weighted by atomic mass is 9.96. The van der Waals surface area contributed by atoms with Gasteiger partial charge < -0.3 is 23.7 Å². The molecule has 2 aliphatic rings. The summed E-state index contributed by atoms with van der Waals surface area (Å²) in [6.07, 6.45) is -5.81. The van der Waals surface area contributed by atoms with Gasteiger partial charge in [0.05, 0.1) is 4.91 Å². The molecule has 1 amide bonds. The SMILES string of the molecule is CC(=O)OC[C@@H]1O[C@H](N2C(=O)/C(=C\c3ccccc3F)SC2=S)[C@H](OC(C)=O)[C@H](OC(C)=O)[C@H]1OC(C)=O. The van der Waals surface area contributed by atoms with Gasteiger partial charge in [0.25, 0.3) is 5.91 Å². The molecule has 2 aliphatic heterocycles. The van der Waals surface area contributed by atoms with Crippen molar-refractivity contribution < 1.29 is 52.0 Å². The zero-order chi connectivity index (χ0) is 28.1. The Morgan fingerprint density at radius 3 is 2.13 bits per heavy atom. The van der Waals surface area contributed by atoms with Crippen LogP contribution in [0.5, 0.6) is 0 Å². The average molecular weight is 570 g/mol. The molecule has 0 bridgehead atoms. The number of thioether (sulfide) groups is 1. The molecule has 0 spiro atoms. The summed E-state index contributed by atoms with van der Waals surface area (Å²) in [5.74, 6) is -4.39. The monoisotopic (exact) mass is 569 g/mol. The molecule has 0 unspecified atom stereocenters. The fourth-order valence-electron chi connectivity index (χ4n) is 3.85. The molecule has 5 atom stereocenters. The van der Waals surface area contributed by atoms with E-state index in [0.29, 0.717) is 0 Å². The number of benzene rings is 1. The molecule has 0 N–H and O–H groups in total. The summed E-state index contributed by atoms with van der Waals surface area (Å²) in [7, 11) is 0. The first-order chi connectivity index (χ1) is 17.9. The minimum atomic E-state index is -1.51. The van der Waals surface area contributed by atoms with Gasteiger partial charge in [-0.25, -0.2) is 4.39 Å². The topological polar surface area (TPSA) is 135 Å². The number of ether oxygens (including phenoxy) is 5. The van der Waals surface area contributed by atoms with Crippen LogP contribution in [0.15, 0.2) is 29.2 Å². The van der Waals surface area contributed by atoms with E-state index in [-0.39, 0.29) is 14.8 Å². The highest BCUT2D eigenvalue weighted by molar-refractivity contribution is 8.26. The fraction of sp³-hybridized carbons (Fsp3) is 0.417. The van der Waals surface area contributed by atoms with Gasteiger partial charge in [0.1, 0.15) is 18.5 Å². The van der Waals surface area contributed by atoms with E-state index in [0.717, 1.165) is 44.4 Å². The lowest BCUT2D eigenvalue weighted by Crippen LogP contribution is -2.66. The highest BCUT2D eigenvalue weighted by Crippen LogP contribution is 2.39. The Morgan fingerprint density at radius 1 is 0.974 bits per heavy atom. The summed E-state index contributed by atoms with van der Waals surface area (Å²) >= 11 is 6.25. The number of esters is 4. The molecule has 0 aliphatic carbocycles. The second-order valence-electron chi connectivity index (χ2n) is 8.16. The van der Waals surface area contributed by atoms with E-state index in [9.17, 15) is 28.4 Å². The molecule has 1 aromatic rings. The highest BCUT2D eigenvalue weighted by Gasteiger charge is 2.56. The normalized spacial score (nSPS) is 26.2. The summed E-state index contributed by atoms with van der Waals surface area (Å²) in [6.45, 7) is 3.93. The lowest BCUT2D eigenvalue weighted by molar-refractivity contribution is -0.268. The molecular formula is C24H24FNO10S2. The van der Waals surface area contributed by atoms with Crippen LogP contribution in [0.3, 0.4) is 0 Å². The number of amides is 1. The molecule has 204 valence electrons. The van der Waals surface area contributed by atoms with E-state index in [1.165, 1.54) is 24.3 Å². The largest absolute Gasteiger partial charge is 0.463 e. The third kappa shape index (κ3) is 6.94. The second-order valence-corrected chi connectivity index (χ2v) is 9.84. The fourth-order valence-corrected chi connectivity index (χ4v) is 5.15. The highest BCUT2D eigenvalue weighted by atomic mass is 32.2. The number of halogens is 1. The van der Waals surface area contributed by atoms with Crippen molar-refractivity contribution in [1.29, 1.82) is 0 Å². The van der Waals surface area contributed by atoms with Crippen LogP contribution >= 0.6 is 24.0 Å². The molecule has 3 rings (SSSR count). The minimum Gasteiger partial charge on any atom is -0.463 e. The van der Waals surface area contributed by atoms with Crippen LogP contribution in [0.1, 0.15) is 33.3 Å². The van der Waals surface area contributed by atoms with Gasteiger partial charge >= 0.3 is 23.9 Å². The van der Waals surface area contributed by atoms with Crippen LogP contribution in [-0.4, -0.2) is 76.3 Å². The molecule has 14 heteroatoms. The van der Waals surface area contributed by atoms with Crippen LogP contribution in [0.25, 0.3) is 6.08 Å². The third-order valence-electron chi connectivity index (χ3n) is 5.24. The van der Waals surface area contributed by atoms with Crippen LogP contribution in [-0.2, 0) is 47.7 Å². The zero-order valence-corrected chi connectivity index (χ0v) is 22.3. The van der Waals surface area contributed by atoms with Gasteiger partial charge in [0, 0.05) is 33.3 Å². The molecule has 11 nitrogen and oxygen atoms in total. The molecule has 2 saturated heterocycles. The van der Waals surface area contributed by atoms with Crippen LogP contribution in [0, 0.1) is 5.82 Å². The predicted molar refractivity (Wildman–Crippen MR) is 133 cm³/mol. The molecule has 2 fully saturated rings. The van der Waals surface area contributed by atoms with Gasteiger partial charge in [0.15, 0.2) is 28.9 Å². The standard InChI is InChI=1S/C24H24FNO10S2/c1-11(27)32-10-17-19(33-12(2)28)20(34-13(3)29)21(35-14(4)30)23(36-17)26-22(31)18(38-24(26)37)9-15-7-5-6-8-16(15)25/h5-9,17,19-21,23H,10H2,1-4H3/b18-9+/t17-,19-,20+,21+,23-/m0/s1. The molecule has 1 aromatic carbocycles. The first-order valence-electron chi connectivity index (χ1n) is 11.2. The van der Waals surface area contributed by atoms with E-state index in [1.807, 2.05) is 0 Å².